The summed E-state index contributed by atoms with van der Waals surface area (Å²) in [6, 6.07) is -0.924. The van der Waals surface area contributed by atoms with Crippen LogP contribution in [0.2, 0.25) is 0 Å². The van der Waals surface area contributed by atoms with Gasteiger partial charge < -0.3 is 21.0 Å². The molecule has 1 aliphatic heterocycles. The molecule has 2 atom stereocenters. The number of rotatable bonds is 8. The maximum atomic E-state index is 10.8. The number of hydrogen-bond donors (Lipinski definition) is 3. The van der Waals surface area contributed by atoms with Gasteiger partial charge in [-0.05, 0) is 0 Å². The van der Waals surface area contributed by atoms with Gasteiger partial charge in [-0.15, -0.1) is 11.8 Å². The topological polar surface area (TPSA) is 92.4 Å². The van der Waals surface area contributed by atoms with E-state index in [-0.39, 0.29) is 22.0 Å². The third-order valence-electron chi connectivity index (χ3n) is 3.75. The number of carboxylic acids is 1. The van der Waals surface area contributed by atoms with Crippen molar-refractivity contribution in [3.63, 3.8) is 0 Å². The average molecular weight is 314 g/mol. The molecule has 0 radical (unpaired) electrons. The Hall–Kier alpha value is -0.850. The summed E-state index contributed by atoms with van der Waals surface area (Å²) >= 11 is 1.96. The lowest BCUT2D eigenvalue weighted by Gasteiger charge is -2.56. The Labute approximate surface area is 130 Å². The normalized spacial score (nSPS) is 23.5. The molecule has 1 heterocycles. The molecule has 21 heavy (non-hydrogen) atoms. The first-order valence-electron chi connectivity index (χ1n) is 7.13. The molecular formula is C15H26N2O3S. The monoisotopic (exact) mass is 314 g/mol. The molecule has 0 aromatic carbocycles. The van der Waals surface area contributed by atoms with Crippen molar-refractivity contribution in [2.45, 2.75) is 55.7 Å². The smallest absolute Gasteiger partial charge is 0.305 e. The lowest BCUT2D eigenvalue weighted by atomic mass is 9.81. The minimum absolute atomic E-state index is 0.210. The molecule has 1 saturated heterocycles. The summed E-state index contributed by atoms with van der Waals surface area (Å²) < 4.78 is 0.420. The highest BCUT2D eigenvalue weighted by molar-refractivity contribution is 8.03. The molecule has 0 aromatic rings. The molecule has 0 aliphatic carbocycles. The Morgan fingerprint density at radius 1 is 1.38 bits per heavy atom. The van der Waals surface area contributed by atoms with E-state index in [4.69, 9.17) is 10.8 Å². The predicted octanol–water partition coefficient (Wildman–Crippen LogP) is 1.42. The predicted molar refractivity (Wildman–Crippen MR) is 86.5 cm³/mol. The quantitative estimate of drug-likeness (QED) is 0.463. The molecule has 0 saturated carbocycles. The number of nitrogens with one attached hydrogen (secondary N) is 1. The van der Waals surface area contributed by atoms with Crippen LogP contribution in [0.1, 0.15) is 34.1 Å². The van der Waals surface area contributed by atoms with E-state index in [2.05, 4.69) is 39.1 Å². The third kappa shape index (κ3) is 5.13. The zero-order valence-electron chi connectivity index (χ0n) is 13.1. The molecule has 0 aromatic heterocycles. The van der Waals surface area contributed by atoms with E-state index in [1.165, 1.54) is 0 Å². The summed E-state index contributed by atoms with van der Waals surface area (Å²) in [7, 11) is 0. The van der Waals surface area contributed by atoms with Crippen LogP contribution in [0, 0.1) is 5.92 Å². The number of carbonyl (C=O) groups is 2. The highest BCUT2D eigenvalue weighted by Crippen LogP contribution is 2.59. The van der Waals surface area contributed by atoms with Crippen LogP contribution in [-0.4, -0.2) is 45.5 Å². The second-order valence-corrected chi connectivity index (χ2v) is 8.89. The van der Waals surface area contributed by atoms with Crippen LogP contribution in [0.4, 0.5) is 0 Å². The van der Waals surface area contributed by atoms with Gasteiger partial charge in [-0.2, -0.15) is 0 Å². The van der Waals surface area contributed by atoms with Crippen LogP contribution in [0.15, 0.2) is 12.2 Å². The first-order chi connectivity index (χ1) is 9.58. The molecule has 1 rings (SSSR count). The van der Waals surface area contributed by atoms with E-state index in [1.54, 1.807) is 0 Å². The van der Waals surface area contributed by atoms with Gasteiger partial charge in [0, 0.05) is 28.0 Å². The number of aliphatic carboxylic acids is 1. The molecule has 120 valence electrons. The number of allylic oxidation sites excluding steroid dienone is 1. The molecule has 0 amide bonds. The highest BCUT2D eigenvalue weighted by atomic mass is 32.2. The summed E-state index contributed by atoms with van der Waals surface area (Å²) in [4.78, 5) is 21.3. The van der Waals surface area contributed by atoms with Crippen molar-refractivity contribution in [1.82, 2.24) is 5.32 Å². The Bertz CT molecular complexity index is 407. The first-order valence-corrected chi connectivity index (χ1v) is 7.94. The molecule has 0 spiro atoms. The first kappa shape index (κ1) is 18.2. The standard InChI is InChI=1S/C15H26N2O3S/c1-14(2)12(15(3,4)21-14)6-5-10(16)8-17-11(9-18)7-13(19)20/h5-6,9-12,17H,7-8,16H2,1-4H3,(H,19,20)/b6-5+/t10?,11-/m0/s1. The SMILES string of the molecule is CC1(C)SC(C)(C)C1/C=C/C(N)CN[C@H](C=O)CC(=O)O. The zero-order chi connectivity index (χ0) is 16.3. The summed E-state index contributed by atoms with van der Waals surface area (Å²) in [5.74, 6) is -0.555. The average Bonchev–Trinajstić information content (AvgIpc) is 2.31. The van der Waals surface area contributed by atoms with Crippen molar-refractivity contribution in [3.05, 3.63) is 12.2 Å². The second kappa shape index (κ2) is 6.94. The van der Waals surface area contributed by atoms with E-state index in [0.29, 0.717) is 18.7 Å². The fourth-order valence-corrected chi connectivity index (χ4v) is 5.18. The Morgan fingerprint density at radius 2 is 1.95 bits per heavy atom. The number of thioether (sulfide) groups is 1. The van der Waals surface area contributed by atoms with Gasteiger partial charge in [0.25, 0.3) is 0 Å². The van der Waals surface area contributed by atoms with Gasteiger partial charge in [0.15, 0.2) is 0 Å². The van der Waals surface area contributed by atoms with Gasteiger partial charge in [-0.1, -0.05) is 39.8 Å². The fraction of sp³-hybridized carbons (Fsp3) is 0.733. The lowest BCUT2D eigenvalue weighted by Crippen LogP contribution is -2.53. The van der Waals surface area contributed by atoms with Crippen LogP contribution < -0.4 is 11.1 Å². The summed E-state index contributed by atoms with van der Waals surface area (Å²) in [6.45, 7) is 9.26. The van der Waals surface area contributed by atoms with Gasteiger partial charge in [0.2, 0.25) is 0 Å². The molecule has 1 fully saturated rings. The van der Waals surface area contributed by atoms with Gasteiger partial charge in [-0.25, -0.2) is 0 Å². The van der Waals surface area contributed by atoms with Crippen LogP contribution in [-0.2, 0) is 9.59 Å². The maximum Gasteiger partial charge on any atom is 0.305 e. The van der Waals surface area contributed by atoms with Crippen LogP contribution in [0.3, 0.4) is 0 Å². The maximum absolute atomic E-state index is 10.8. The summed E-state index contributed by atoms with van der Waals surface area (Å²) in [6.07, 6.45) is 4.48. The summed E-state index contributed by atoms with van der Waals surface area (Å²) in [5.41, 5.74) is 5.99. The fourth-order valence-electron chi connectivity index (χ4n) is 3.01. The Morgan fingerprint density at radius 3 is 2.38 bits per heavy atom. The van der Waals surface area contributed by atoms with E-state index in [1.807, 2.05) is 17.8 Å². The molecule has 0 bridgehead atoms. The molecule has 6 heteroatoms. The van der Waals surface area contributed by atoms with Crippen LogP contribution in [0.25, 0.3) is 0 Å². The Balaban J connectivity index is 2.46. The van der Waals surface area contributed by atoms with Crippen LogP contribution in [0.5, 0.6) is 0 Å². The summed E-state index contributed by atoms with van der Waals surface area (Å²) in [5, 5.41) is 11.5. The number of carbonyl (C=O) groups excluding carboxylic acids is 1. The highest BCUT2D eigenvalue weighted by Gasteiger charge is 2.52. The second-order valence-electron chi connectivity index (χ2n) is 6.58. The van der Waals surface area contributed by atoms with Gasteiger partial charge in [-0.3, -0.25) is 4.79 Å². The largest absolute Gasteiger partial charge is 0.481 e. The van der Waals surface area contributed by atoms with Crippen molar-refractivity contribution in [2.75, 3.05) is 6.54 Å². The van der Waals surface area contributed by atoms with E-state index >= 15 is 0 Å². The number of carboxylic acid groups (broad SMARTS) is 1. The molecule has 1 aliphatic rings. The minimum atomic E-state index is -1.00. The van der Waals surface area contributed by atoms with E-state index in [0.717, 1.165) is 0 Å². The number of aldehydes is 1. The van der Waals surface area contributed by atoms with Crippen molar-refractivity contribution in [1.29, 1.82) is 0 Å². The molecular weight excluding hydrogens is 288 g/mol. The third-order valence-corrected chi connectivity index (χ3v) is 5.31. The van der Waals surface area contributed by atoms with Gasteiger partial charge in [0.1, 0.15) is 6.29 Å². The van der Waals surface area contributed by atoms with Crippen LogP contribution >= 0.6 is 11.8 Å². The number of nitrogens with two attached hydrogens (primary N) is 1. The molecule has 5 nitrogen and oxygen atoms in total. The van der Waals surface area contributed by atoms with Crippen molar-refractivity contribution in [3.8, 4) is 0 Å². The van der Waals surface area contributed by atoms with E-state index in [9.17, 15) is 9.59 Å². The minimum Gasteiger partial charge on any atom is -0.481 e. The number of hydrogen-bond acceptors (Lipinski definition) is 5. The van der Waals surface area contributed by atoms with Gasteiger partial charge >= 0.3 is 5.97 Å². The molecule has 4 N–H and O–H groups in total. The van der Waals surface area contributed by atoms with Crippen molar-refractivity contribution < 1.29 is 14.7 Å². The lowest BCUT2D eigenvalue weighted by molar-refractivity contribution is -0.138. The van der Waals surface area contributed by atoms with Gasteiger partial charge in [0.05, 0.1) is 12.5 Å². The van der Waals surface area contributed by atoms with Crippen molar-refractivity contribution >= 4 is 24.0 Å². The molecule has 1 unspecified atom stereocenters. The van der Waals surface area contributed by atoms with E-state index < -0.39 is 12.0 Å². The Kier molecular flexibility index (Phi) is 6.01. The van der Waals surface area contributed by atoms with Crippen molar-refractivity contribution in [2.24, 2.45) is 11.7 Å². The zero-order valence-corrected chi connectivity index (χ0v) is 13.9.